The summed E-state index contributed by atoms with van der Waals surface area (Å²) >= 11 is 17.8. The third-order valence-electron chi connectivity index (χ3n) is 2.82. The van der Waals surface area contributed by atoms with Crippen LogP contribution in [0.4, 0.5) is 4.39 Å². The summed E-state index contributed by atoms with van der Waals surface area (Å²) in [4.78, 5) is 17.3. The van der Waals surface area contributed by atoms with Gasteiger partial charge in [-0.1, -0.05) is 46.9 Å². The van der Waals surface area contributed by atoms with Gasteiger partial charge in [0.2, 0.25) is 0 Å². The maximum absolute atomic E-state index is 13.2. The number of hydrogen-bond acceptors (Lipinski definition) is 2. The van der Waals surface area contributed by atoms with Crippen molar-refractivity contribution in [2.45, 2.75) is 6.54 Å². The minimum atomic E-state index is -0.628. The Balaban J connectivity index is 2.24. The molecule has 0 saturated heterocycles. The third kappa shape index (κ3) is 3.64. The Labute approximate surface area is 136 Å². The van der Waals surface area contributed by atoms with Crippen molar-refractivity contribution in [1.29, 1.82) is 0 Å². The Bertz CT molecular complexity index is 694. The lowest BCUT2D eigenvalue weighted by Crippen LogP contribution is -2.27. The van der Waals surface area contributed by atoms with E-state index in [1.807, 2.05) is 0 Å². The van der Waals surface area contributed by atoms with Crippen LogP contribution in [0.5, 0.6) is 0 Å². The molecule has 0 bridgehead atoms. The zero-order valence-corrected chi connectivity index (χ0v) is 13.2. The van der Waals surface area contributed by atoms with E-state index in [4.69, 9.17) is 34.8 Å². The van der Waals surface area contributed by atoms with E-state index in [9.17, 15) is 9.18 Å². The molecule has 0 saturated carbocycles. The Morgan fingerprint density at radius 3 is 2.76 bits per heavy atom. The van der Waals surface area contributed by atoms with Gasteiger partial charge in [0, 0.05) is 13.6 Å². The molecule has 0 atom stereocenters. The normalized spacial score (nSPS) is 10.5. The van der Waals surface area contributed by atoms with Gasteiger partial charge in [0.15, 0.2) is 0 Å². The van der Waals surface area contributed by atoms with E-state index in [1.54, 1.807) is 25.2 Å². The molecular formula is C14H10Cl3FN2O. The van der Waals surface area contributed by atoms with Crippen molar-refractivity contribution in [2.24, 2.45) is 0 Å². The molecule has 0 aliphatic rings. The summed E-state index contributed by atoms with van der Waals surface area (Å²) in [5, 5.41) is 0.730. The van der Waals surface area contributed by atoms with Crippen LogP contribution >= 0.6 is 34.8 Å². The molecule has 21 heavy (non-hydrogen) atoms. The molecule has 3 nitrogen and oxygen atoms in total. The molecular weight excluding hydrogens is 338 g/mol. The number of carbonyl (C=O) groups is 1. The zero-order chi connectivity index (χ0) is 15.6. The molecule has 0 radical (unpaired) electrons. The molecule has 1 heterocycles. The fraction of sp³-hybridized carbons (Fsp3) is 0.143. The van der Waals surface area contributed by atoms with Gasteiger partial charge in [-0.15, -0.1) is 0 Å². The largest absolute Gasteiger partial charge is 0.337 e. The van der Waals surface area contributed by atoms with Gasteiger partial charge in [0.25, 0.3) is 5.91 Å². The summed E-state index contributed by atoms with van der Waals surface area (Å²) in [7, 11) is 1.56. The van der Waals surface area contributed by atoms with Crippen LogP contribution in [0, 0.1) is 5.82 Å². The second kappa shape index (κ2) is 6.60. The molecule has 7 heteroatoms. The Hall–Kier alpha value is -1.36. The number of rotatable bonds is 3. The molecule has 0 fully saturated rings. The molecule has 0 aliphatic carbocycles. The van der Waals surface area contributed by atoms with Crippen LogP contribution in [0.15, 0.2) is 30.5 Å². The molecule has 0 unspecified atom stereocenters. The van der Waals surface area contributed by atoms with Crippen molar-refractivity contribution in [2.75, 3.05) is 7.05 Å². The highest BCUT2D eigenvalue weighted by atomic mass is 35.5. The topological polar surface area (TPSA) is 33.2 Å². The second-order valence-corrected chi connectivity index (χ2v) is 5.51. The van der Waals surface area contributed by atoms with E-state index in [2.05, 4.69) is 4.98 Å². The van der Waals surface area contributed by atoms with Gasteiger partial charge >= 0.3 is 0 Å². The summed E-state index contributed by atoms with van der Waals surface area (Å²) in [5.74, 6) is -1.08. The maximum atomic E-state index is 13.2. The van der Waals surface area contributed by atoms with Gasteiger partial charge in [-0.05, 0) is 17.7 Å². The van der Waals surface area contributed by atoms with Crippen LogP contribution in [0.25, 0.3) is 0 Å². The van der Waals surface area contributed by atoms with E-state index in [0.29, 0.717) is 15.6 Å². The smallest absolute Gasteiger partial charge is 0.257 e. The predicted octanol–water partition coefficient (Wildman–Crippen LogP) is 4.45. The zero-order valence-electron chi connectivity index (χ0n) is 10.9. The first-order chi connectivity index (χ1) is 9.90. The van der Waals surface area contributed by atoms with Crippen LogP contribution in [0.1, 0.15) is 15.9 Å². The van der Waals surface area contributed by atoms with Gasteiger partial charge in [-0.25, -0.2) is 9.37 Å². The van der Waals surface area contributed by atoms with Gasteiger partial charge in [0.1, 0.15) is 11.0 Å². The van der Waals surface area contributed by atoms with Gasteiger partial charge in [-0.3, -0.25) is 4.79 Å². The first-order valence-corrected chi connectivity index (χ1v) is 7.03. The number of pyridine rings is 1. The molecule has 0 aliphatic heterocycles. The molecule has 1 amide bonds. The fourth-order valence-electron chi connectivity index (χ4n) is 1.78. The highest BCUT2D eigenvalue weighted by Gasteiger charge is 2.18. The quantitative estimate of drug-likeness (QED) is 0.768. The summed E-state index contributed by atoms with van der Waals surface area (Å²) < 4.78 is 13.2. The van der Waals surface area contributed by atoms with Crippen molar-refractivity contribution in [3.05, 3.63) is 62.6 Å². The maximum Gasteiger partial charge on any atom is 0.257 e. The monoisotopic (exact) mass is 346 g/mol. The predicted molar refractivity (Wildman–Crippen MR) is 81.5 cm³/mol. The number of amides is 1. The van der Waals surface area contributed by atoms with Crippen LogP contribution in [-0.2, 0) is 6.54 Å². The molecule has 110 valence electrons. The Morgan fingerprint density at radius 2 is 2.05 bits per heavy atom. The molecule has 2 rings (SSSR count). The number of halogens is 4. The van der Waals surface area contributed by atoms with E-state index in [-0.39, 0.29) is 17.3 Å². The number of benzene rings is 1. The highest BCUT2D eigenvalue weighted by Crippen LogP contribution is 2.27. The van der Waals surface area contributed by atoms with Crippen molar-refractivity contribution < 1.29 is 9.18 Å². The summed E-state index contributed by atoms with van der Waals surface area (Å²) in [5.41, 5.74) is 0.679. The summed E-state index contributed by atoms with van der Waals surface area (Å²) in [6, 6.07) is 6.19. The Kier molecular flexibility index (Phi) is 5.04. The van der Waals surface area contributed by atoms with Crippen molar-refractivity contribution in [3.8, 4) is 0 Å². The molecule has 0 spiro atoms. The van der Waals surface area contributed by atoms with Crippen molar-refractivity contribution in [1.82, 2.24) is 9.88 Å². The number of nitrogens with zero attached hydrogens (tertiary/aromatic N) is 2. The first kappa shape index (κ1) is 16.0. The highest BCUT2D eigenvalue weighted by molar-refractivity contribution is 6.42. The second-order valence-electron chi connectivity index (χ2n) is 4.37. The lowest BCUT2D eigenvalue weighted by Gasteiger charge is -2.18. The van der Waals surface area contributed by atoms with E-state index >= 15 is 0 Å². The minimum Gasteiger partial charge on any atom is -0.337 e. The standard InChI is InChI=1S/C14H10Cl3FN2O/c1-20(7-8-3-2-4-11(15)12(8)16)14(21)10-5-9(18)6-19-13(10)17/h2-6H,7H2,1H3. The van der Waals surface area contributed by atoms with E-state index in [0.717, 1.165) is 12.3 Å². The lowest BCUT2D eigenvalue weighted by atomic mass is 10.2. The fourth-order valence-corrected chi connectivity index (χ4v) is 2.34. The SMILES string of the molecule is CN(Cc1cccc(Cl)c1Cl)C(=O)c1cc(F)cnc1Cl. The average Bonchev–Trinajstić information content (AvgIpc) is 2.45. The van der Waals surface area contributed by atoms with Gasteiger partial charge in [-0.2, -0.15) is 0 Å². The van der Waals surface area contributed by atoms with E-state index < -0.39 is 11.7 Å². The van der Waals surface area contributed by atoms with Gasteiger partial charge < -0.3 is 4.90 Å². The van der Waals surface area contributed by atoms with Crippen molar-refractivity contribution >= 4 is 40.7 Å². The van der Waals surface area contributed by atoms with Crippen LogP contribution in [0.2, 0.25) is 15.2 Å². The minimum absolute atomic E-state index is 0.00248. The third-order valence-corrected chi connectivity index (χ3v) is 3.98. The summed E-state index contributed by atoms with van der Waals surface area (Å²) in [6.07, 6.45) is 0.951. The summed E-state index contributed by atoms with van der Waals surface area (Å²) in [6.45, 7) is 0.213. The molecule has 1 aromatic carbocycles. The van der Waals surface area contributed by atoms with Crippen LogP contribution in [-0.4, -0.2) is 22.8 Å². The molecule has 0 N–H and O–H groups in total. The number of aromatic nitrogens is 1. The molecule has 2 aromatic rings. The Morgan fingerprint density at radius 1 is 1.33 bits per heavy atom. The van der Waals surface area contributed by atoms with E-state index in [1.165, 1.54) is 4.90 Å². The van der Waals surface area contributed by atoms with Crippen LogP contribution in [0.3, 0.4) is 0 Å². The first-order valence-electron chi connectivity index (χ1n) is 5.89. The lowest BCUT2D eigenvalue weighted by molar-refractivity contribution is 0.0784. The average molecular weight is 348 g/mol. The van der Waals surface area contributed by atoms with Gasteiger partial charge in [0.05, 0.1) is 21.8 Å². The van der Waals surface area contributed by atoms with Crippen molar-refractivity contribution in [3.63, 3.8) is 0 Å². The molecule has 1 aromatic heterocycles. The number of hydrogen-bond donors (Lipinski definition) is 0. The van der Waals surface area contributed by atoms with Crippen LogP contribution < -0.4 is 0 Å². The number of carbonyl (C=O) groups excluding carboxylic acids is 1.